The van der Waals surface area contributed by atoms with Crippen LogP contribution in [0.5, 0.6) is 0 Å². The molecule has 2 aromatic rings. The molecular weight excluding hydrogens is 477 g/mol. The van der Waals surface area contributed by atoms with Gasteiger partial charge in [-0.3, -0.25) is 9.59 Å². The van der Waals surface area contributed by atoms with E-state index in [1.165, 1.54) is 13.0 Å². The van der Waals surface area contributed by atoms with Gasteiger partial charge in [0.1, 0.15) is 5.82 Å². The summed E-state index contributed by atoms with van der Waals surface area (Å²) in [6, 6.07) is 4.62. The molecule has 0 saturated carbocycles. The highest BCUT2D eigenvalue weighted by Crippen LogP contribution is 2.33. The van der Waals surface area contributed by atoms with Crippen molar-refractivity contribution in [2.75, 3.05) is 56.7 Å². The number of alkyl halides is 3. The summed E-state index contributed by atoms with van der Waals surface area (Å²) in [5.74, 6) is -4.63. The number of ether oxygens (including phenoxy) is 1. The molecule has 0 radical (unpaired) electrons. The predicted molar refractivity (Wildman–Crippen MR) is 121 cm³/mol. The maximum absolute atomic E-state index is 14.0. The summed E-state index contributed by atoms with van der Waals surface area (Å²) >= 11 is 6.31. The first kappa shape index (κ1) is 25.5. The highest BCUT2D eigenvalue weighted by Gasteiger charge is 2.36. The molecule has 0 bridgehead atoms. The minimum atomic E-state index is -3.79. The van der Waals surface area contributed by atoms with Crippen molar-refractivity contribution in [3.8, 4) is 0 Å². The Labute approximate surface area is 199 Å². The molecule has 1 saturated heterocycles. The lowest BCUT2D eigenvalue weighted by molar-refractivity contribution is -0.118. The molecule has 0 spiro atoms. The molecule has 3 N–H and O–H groups in total. The molecule has 1 aromatic carbocycles. The molecule has 3 rings (SSSR count). The van der Waals surface area contributed by atoms with E-state index in [2.05, 4.69) is 25.9 Å². The summed E-state index contributed by atoms with van der Waals surface area (Å²) in [5, 5.41) is 8.21. The van der Waals surface area contributed by atoms with Crippen LogP contribution in [-0.4, -0.2) is 72.7 Å². The van der Waals surface area contributed by atoms with Crippen molar-refractivity contribution in [3.05, 3.63) is 40.5 Å². The van der Waals surface area contributed by atoms with Crippen LogP contribution >= 0.6 is 11.6 Å². The van der Waals surface area contributed by atoms with Crippen molar-refractivity contribution >= 4 is 40.9 Å². The zero-order valence-corrected chi connectivity index (χ0v) is 19.1. The lowest BCUT2D eigenvalue weighted by Gasteiger charge is -2.27. The predicted octanol–water partition coefficient (Wildman–Crippen LogP) is 2.96. The number of hydrogen-bond donors (Lipinski definition) is 3. The van der Waals surface area contributed by atoms with Gasteiger partial charge in [0.2, 0.25) is 11.9 Å². The van der Waals surface area contributed by atoms with Crippen molar-refractivity contribution < 1.29 is 27.5 Å². The molecule has 9 nitrogen and oxygen atoms in total. The lowest BCUT2D eigenvalue weighted by atomic mass is 10.1. The van der Waals surface area contributed by atoms with Crippen LogP contribution in [0.25, 0.3) is 0 Å². The third-order valence-electron chi connectivity index (χ3n) is 4.90. The van der Waals surface area contributed by atoms with Crippen molar-refractivity contribution in [2.24, 2.45) is 0 Å². The topological polar surface area (TPSA) is 108 Å². The zero-order chi connectivity index (χ0) is 24.7. The van der Waals surface area contributed by atoms with Crippen molar-refractivity contribution in [1.82, 2.24) is 20.2 Å². The van der Waals surface area contributed by atoms with Gasteiger partial charge >= 0.3 is 5.92 Å². The summed E-state index contributed by atoms with van der Waals surface area (Å²) in [6.45, 7) is 1.48. The molecule has 13 heteroatoms. The number of rotatable bonds is 9. The molecule has 1 aliphatic rings. The SMILES string of the molecule is CC(=O)NCCNc1nc(Nc2ccc(C(=O)N3CCOCC3)c(Cl)c2)ncc1C(F)(F)CF. The standard InChI is InChI=1S/C21H24ClF3N6O3/c1-13(32)26-4-5-27-18-16(21(24,25)12-23)11-28-20(30-18)29-14-2-3-15(17(22)10-14)19(33)31-6-8-34-9-7-31/h2-3,10-11H,4-9,12H2,1H3,(H,26,32)(H2,27,28,29,30). The first-order chi connectivity index (χ1) is 16.2. The largest absolute Gasteiger partial charge is 0.378 e. The van der Waals surface area contributed by atoms with E-state index in [0.717, 1.165) is 6.20 Å². The van der Waals surface area contributed by atoms with Gasteiger partial charge in [0.05, 0.1) is 29.4 Å². The zero-order valence-electron chi connectivity index (χ0n) is 18.3. The van der Waals surface area contributed by atoms with Crippen LogP contribution in [0.1, 0.15) is 22.8 Å². The van der Waals surface area contributed by atoms with Gasteiger partial charge in [0, 0.05) is 45.0 Å². The number of benzene rings is 1. The summed E-state index contributed by atoms with van der Waals surface area (Å²) in [6.07, 6.45) is 0.827. The lowest BCUT2D eigenvalue weighted by Crippen LogP contribution is -2.40. The van der Waals surface area contributed by atoms with Gasteiger partial charge in [0.25, 0.3) is 5.91 Å². The molecule has 34 heavy (non-hydrogen) atoms. The summed E-state index contributed by atoms with van der Waals surface area (Å²) in [5.41, 5.74) is 0.0129. The quantitative estimate of drug-likeness (QED) is 0.454. The molecule has 184 valence electrons. The number of halogens is 4. The molecule has 1 fully saturated rings. The average molecular weight is 501 g/mol. The van der Waals surface area contributed by atoms with Crippen molar-refractivity contribution in [3.63, 3.8) is 0 Å². The number of carbonyl (C=O) groups is 2. The van der Waals surface area contributed by atoms with Gasteiger partial charge in [-0.1, -0.05) is 11.6 Å². The number of nitrogens with zero attached hydrogens (tertiary/aromatic N) is 3. The maximum atomic E-state index is 14.0. The first-order valence-electron chi connectivity index (χ1n) is 10.4. The Morgan fingerprint density at radius 3 is 2.62 bits per heavy atom. The molecule has 1 aliphatic heterocycles. The molecule has 2 amide bonds. The summed E-state index contributed by atoms with van der Waals surface area (Å²) in [7, 11) is 0. The van der Waals surface area contributed by atoms with Crippen LogP contribution in [0, 0.1) is 0 Å². The van der Waals surface area contributed by atoms with Crippen LogP contribution in [-0.2, 0) is 15.5 Å². The summed E-state index contributed by atoms with van der Waals surface area (Å²) < 4.78 is 46.2. The van der Waals surface area contributed by atoms with Crippen LogP contribution in [0.3, 0.4) is 0 Å². The third kappa shape index (κ3) is 6.48. The number of anilines is 3. The maximum Gasteiger partial charge on any atom is 0.306 e. The average Bonchev–Trinajstić information content (AvgIpc) is 2.82. The normalized spacial score (nSPS) is 14.0. The fraction of sp³-hybridized carbons (Fsp3) is 0.429. The molecule has 0 aliphatic carbocycles. The van der Waals surface area contributed by atoms with E-state index in [-0.39, 0.29) is 41.7 Å². The van der Waals surface area contributed by atoms with Crippen LogP contribution in [0.15, 0.2) is 24.4 Å². The van der Waals surface area contributed by atoms with Crippen LogP contribution < -0.4 is 16.0 Å². The van der Waals surface area contributed by atoms with Gasteiger partial charge in [-0.05, 0) is 18.2 Å². The number of carbonyl (C=O) groups excluding carboxylic acids is 2. The number of aromatic nitrogens is 2. The van der Waals surface area contributed by atoms with Gasteiger partial charge in [-0.15, -0.1) is 0 Å². The Hall–Kier alpha value is -3.12. The van der Waals surface area contributed by atoms with Crippen LogP contribution in [0.2, 0.25) is 5.02 Å². The Kier molecular flexibility index (Phi) is 8.51. The van der Waals surface area contributed by atoms with Gasteiger partial charge in [-0.25, -0.2) is 9.37 Å². The van der Waals surface area contributed by atoms with E-state index >= 15 is 0 Å². The Bertz CT molecular complexity index is 1040. The molecule has 0 atom stereocenters. The number of hydrogen-bond acceptors (Lipinski definition) is 7. The van der Waals surface area contributed by atoms with E-state index in [1.807, 2.05) is 0 Å². The molecule has 2 heterocycles. The smallest absolute Gasteiger partial charge is 0.306 e. The Morgan fingerprint density at radius 1 is 1.24 bits per heavy atom. The summed E-state index contributed by atoms with van der Waals surface area (Å²) in [4.78, 5) is 33.2. The fourth-order valence-electron chi connectivity index (χ4n) is 3.17. The number of morpholine rings is 1. The molecule has 0 unspecified atom stereocenters. The highest BCUT2D eigenvalue weighted by molar-refractivity contribution is 6.34. The fourth-order valence-corrected chi connectivity index (χ4v) is 3.43. The molecular formula is C21H24ClF3N6O3. The number of nitrogens with one attached hydrogen (secondary N) is 3. The van der Waals surface area contributed by atoms with E-state index in [9.17, 15) is 22.8 Å². The van der Waals surface area contributed by atoms with E-state index in [1.54, 1.807) is 17.0 Å². The second-order valence-corrected chi connectivity index (χ2v) is 7.84. The monoisotopic (exact) mass is 500 g/mol. The highest BCUT2D eigenvalue weighted by atomic mass is 35.5. The number of amides is 2. The van der Waals surface area contributed by atoms with E-state index in [0.29, 0.717) is 37.6 Å². The van der Waals surface area contributed by atoms with Crippen LogP contribution in [0.4, 0.5) is 30.6 Å². The van der Waals surface area contributed by atoms with E-state index in [4.69, 9.17) is 16.3 Å². The van der Waals surface area contributed by atoms with Crippen molar-refractivity contribution in [2.45, 2.75) is 12.8 Å². The minimum Gasteiger partial charge on any atom is -0.378 e. The van der Waals surface area contributed by atoms with Gasteiger partial charge < -0.3 is 25.6 Å². The van der Waals surface area contributed by atoms with E-state index < -0.39 is 18.2 Å². The molecule has 1 aromatic heterocycles. The van der Waals surface area contributed by atoms with Gasteiger partial charge in [-0.2, -0.15) is 13.8 Å². The van der Waals surface area contributed by atoms with Crippen molar-refractivity contribution in [1.29, 1.82) is 0 Å². The Balaban J connectivity index is 1.77. The minimum absolute atomic E-state index is 0.0521. The Morgan fingerprint density at radius 2 is 1.97 bits per heavy atom. The second kappa shape index (κ2) is 11.3. The van der Waals surface area contributed by atoms with Gasteiger partial charge in [0.15, 0.2) is 6.67 Å². The third-order valence-corrected chi connectivity index (χ3v) is 5.21. The second-order valence-electron chi connectivity index (χ2n) is 7.43. The first-order valence-corrected chi connectivity index (χ1v) is 10.8.